The van der Waals surface area contributed by atoms with Crippen molar-refractivity contribution >= 4 is 16.5 Å². The topological polar surface area (TPSA) is 69.4 Å². The minimum atomic E-state index is -0.751. The summed E-state index contributed by atoms with van der Waals surface area (Å²) in [6.45, 7) is 1.81. The minimum Gasteiger partial charge on any atom is -0.483 e. The van der Waals surface area contributed by atoms with Crippen molar-refractivity contribution in [3.8, 4) is 5.75 Å². The van der Waals surface area contributed by atoms with E-state index in [-0.39, 0.29) is 11.8 Å². The molecule has 5 nitrogen and oxygen atoms in total. The molecular formula is C12H15NO4S. The fourth-order valence-corrected chi connectivity index (χ4v) is 3.20. The maximum Gasteiger partial charge on any atom is 0.311 e. The number of benzene rings is 1. The molecule has 1 fully saturated rings. The first-order chi connectivity index (χ1) is 8.56. The molecule has 1 saturated heterocycles. The monoisotopic (exact) mass is 269 g/mol. The molecule has 1 aliphatic rings. The van der Waals surface area contributed by atoms with Gasteiger partial charge in [0.1, 0.15) is 6.10 Å². The van der Waals surface area contributed by atoms with Gasteiger partial charge in [-0.2, -0.15) is 0 Å². The van der Waals surface area contributed by atoms with Crippen LogP contribution in [0.15, 0.2) is 18.2 Å². The van der Waals surface area contributed by atoms with Crippen LogP contribution in [0.2, 0.25) is 0 Å². The Labute approximate surface area is 108 Å². The van der Waals surface area contributed by atoms with Gasteiger partial charge in [-0.1, -0.05) is 6.07 Å². The van der Waals surface area contributed by atoms with Crippen LogP contribution in [0.1, 0.15) is 18.4 Å². The number of hydrogen-bond donors (Lipinski definition) is 0. The van der Waals surface area contributed by atoms with Gasteiger partial charge in [-0.05, 0) is 31.4 Å². The number of hydrogen-bond acceptors (Lipinski definition) is 4. The maximum absolute atomic E-state index is 11.2. The summed E-state index contributed by atoms with van der Waals surface area (Å²) < 4.78 is 16.9. The van der Waals surface area contributed by atoms with Gasteiger partial charge < -0.3 is 4.74 Å². The molecule has 0 N–H and O–H groups in total. The molecule has 0 aliphatic carbocycles. The molecule has 1 aromatic carbocycles. The van der Waals surface area contributed by atoms with Crippen LogP contribution in [0, 0.1) is 17.0 Å². The molecule has 2 rings (SSSR count). The highest BCUT2D eigenvalue weighted by atomic mass is 32.2. The van der Waals surface area contributed by atoms with Crippen molar-refractivity contribution < 1.29 is 13.9 Å². The van der Waals surface area contributed by atoms with E-state index in [1.807, 2.05) is 0 Å². The second-order valence-corrected chi connectivity index (χ2v) is 6.09. The Morgan fingerprint density at radius 2 is 2.06 bits per heavy atom. The van der Waals surface area contributed by atoms with E-state index < -0.39 is 15.7 Å². The smallest absolute Gasteiger partial charge is 0.311 e. The first-order valence-corrected chi connectivity index (χ1v) is 7.32. The molecule has 0 atom stereocenters. The number of rotatable bonds is 3. The molecule has 0 amide bonds. The normalized spacial score (nSPS) is 23.6. The molecule has 0 aromatic heterocycles. The minimum absolute atomic E-state index is 0.00157. The van der Waals surface area contributed by atoms with Crippen LogP contribution >= 0.6 is 0 Å². The van der Waals surface area contributed by atoms with E-state index in [1.54, 1.807) is 19.1 Å². The predicted molar refractivity (Wildman–Crippen MR) is 69.4 cm³/mol. The lowest BCUT2D eigenvalue weighted by Crippen LogP contribution is -2.27. The van der Waals surface area contributed by atoms with E-state index in [4.69, 9.17) is 4.74 Å². The lowest BCUT2D eigenvalue weighted by molar-refractivity contribution is -0.386. The zero-order chi connectivity index (χ0) is 13.1. The van der Waals surface area contributed by atoms with Crippen LogP contribution in [0.4, 0.5) is 5.69 Å². The summed E-state index contributed by atoms with van der Waals surface area (Å²) in [6, 6.07) is 4.94. The molecular weight excluding hydrogens is 254 g/mol. The third kappa shape index (κ3) is 3.07. The summed E-state index contributed by atoms with van der Waals surface area (Å²) in [5.74, 6) is 1.54. The Morgan fingerprint density at radius 1 is 1.39 bits per heavy atom. The Bertz CT molecular complexity index is 479. The Balaban J connectivity index is 2.13. The third-order valence-electron chi connectivity index (χ3n) is 2.94. The van der Waals surface area contributed by atoms with Crippen LogP contribution < -0.4 is 4.74 Å². The van der Waals surface area contributed by atoms with Crippen LogP contribution in [0.25, 0.3) is 0 Å². The van der Waals surface area contributed by atoms with Crippen LogP contribution in [-0.2, 0) is 10.8 Å². The van der Waals surface area contributed by atoms with Crippen LogP contribution in [0.3, 0.4) is 0 Å². The first-order valence-electron chi connectivity index (χ1n) is 5.83. The van der Waals surface area contributed by atoms with Crippen LogP contribution in [-0.4, -0.2) is 26.7 Å². The fourth-order valence-electron chi connectivity index (χ4n) is 1.94. The lowest BCUT2D eigenvalue weighted by atomic mass is 10.2. The third-order valence-corrected chi connectivity index (χ3v) is 4.32. The van der Waals surface area contributed by atoms with E-state index in [9.17, 15) is 14.3 Å². The molecule has 18 heavy (non-hydrogen) atoms. The maximum atomic E-state index is 11.2. The first kappa shape index (κ1) is 13.0. The SMILES string of the molecule is Cc1ccc(OC2CCS(=O)CC2)c([N+](=O)[O-])c1. The van der Waals surface area contributed by atoms with E-state index >= 15 is 0 Å². The van der Waals surface area contributed by atoms with Gasteiger partial charge in [0.15, 0.2) is 5.75 Å². The average molecular weight is 269 g/mol. The largest absolute Gasteiger partial charge is 0.483 e. The van der Waals surface area contributed by atoms with Crippen molar-refractivity contribution in [3.63, 3.8) is 0 Å². The highest BCUT2D eigenvalue weighted by molar-refractivity contribution is 7.85. The van der Waals surface area contributed by atoms with E-state index in [1.165, 1.54) is 6.07 Å². The summed E-state index contributed by atoms with van der Waals surface area (Å²) in [6.07, 6.45) is 1.32. The molecule has 1 aromatic rings. The van der Waals surface area contributed by atoms with Crippen molar-refractivity contribution in [2.24, 2.45) is 0 Å². The second-order valence-electron chi connectivity index (χ2n) is 4.39. The van der Waals surface area contributed by atoms with Crippen molar-refractivity contribution in [2.75, 3.05) is 11.5 Å². The lowest BCUT2D eigenvalue weighted by Gasteiger charge is -2.22. The van der Waals surface area contributed by atoms with Gasteiger partial charge in [-0.25, -0.2) is 0 Å². The predicted octanol–water partition coefficient (Wildman–Crippen LogP) is 2.19. The summed E-state index contributed by atoms with van der Waals surface area (Å²) >= 11 is 0. The molecule has 0 unspecified atom stereocenters. The van der Waals surface area contributed by atoms with E-state index in [0.717, 1.165) is 5.56 Å². The summed E-state index contributed by atoms with van der Waals surface area (Å²) in [4.78, 5) is 10.5. The zero-order valence-corrected chi connectivity index (χ0v) is 10.9. The van der Waals surface area contributed by atoms with Gasteiger partial charge in [0.25, 0.3) is 0 Å². The van der Waals surface area contributed by atoms with Gasteiger partial charge >= 0.3 is 5.69 Å². The summed E-state index contributed by atoms with van der Waals surface area (Å²) in [5.41, 5.74) is 0.834. The van der Waals surface area contributed by atoms with Gasteiger partial charge in [-0.15, -0.1) is 0 Å². The van der Waals surface area contributed by atoms with Crippen molar-refractivity contribution in [3.05, 3.63) is 33.9 Å². The molecule has 1 aliphatic heterocycles. The van der Waals surface area contributed by atoms with Gasteiger partial charge in [0.2, 0.25) is 0 Å². The summed E-state index contributed by atoms with van der Waals surface area (Å²) in [5, 5.41) is 10.9. The molecule has 0 radical (unpaired) electrons. The number of nitro benzene ring substituents is 1. The Morgan fingerprint density at radius 3 is 2.67 bits per heavy atom. The number of aryl methyl sites for hydroxylation is 1. The van der Waals surface area contributed by atoms with Crippen molar-refractivity contribution in [2.45, 2.75) is 25.9 Å². The number of nitrogens with zero attached hydrogens (tertiary/aromatic N) is 1. The molecule has 0 bridgehead atoms. The van der Waals surface area contributed by atoms with Crippen molar-refractivity contribution in [1.29, 1.82) is 0 Å². The highest BCUT2D eigenvalue weighted by Gasteiger charge is 2.23. The van der Waals surface area contributed by atoms with Crippen LogP contribution in [0.5, 0.6) is 5.75 Å². The van der Waals surface area contributed by atoms with Gasteiger partial charge in [0, 0.05) is 28.4 Å². The second kappa shape index (κ2) is 5.48. The quantitative estimate of drug-likeness (QED) is 0.623. The van der Waals surface area contributed by atoms with Crippen molar-refractivity contribution in [1.82, 2.24) is 0 Å². The fraction of sp³-hybridized carbons (Fsp3) is 0.500. The zero-order valence-electron chi connectivity index (χ0n) is 10.1. The number of ether oxygens (including phenoxy) is 1. The molecule has 0 saturated carbocycles. The standard InChI is InChI=1S/C12H15NO4S/c1-9-2-3-12(11(8-9)13(14)15)17-10-4-6-18(16)7-5-10/h2-3,8,10H,4-7H2,1H3. The molecule has 98 valence electrons. The highest BCUT2D eigenvalue weighted by Crippen LogP contribution is 2.30. The molecule has 6 heteroatoms. The van der Waals surface area contributed by atoms with E-state index in [0.29, 0.717) is 30.1 Å². The molecule has 0 spiro atoms. The van der Waals surface area contributed by atoms with Gasteiger partial charge in [0.05, 0.1) is 4.92 Å². The molecule has 1 heterocycles. The Kier molecular flexibility index (Phi) is 3.96. The van der Waals surface area contributed by atoms with E-state index in [2.05, 4.69) is 0 Å². The van der Waals surface area contributed by atoms with Gasteiger partial charge in [-0.3, -0.25) is 14.3 Å². The number of nitro groups is 1. The Hall–Kier alpha value is -1.43. The summed E-state index contributed by atoms with van der Waals surface area (Å²) in [7, 11) is -0.751. The average Bonchev–Trinajstić information content (AvgIpc) is 2.34.